The minimum atomic E-state index is -3.00. The number of halogens is 1. The highest BCUT2D eigenvalue weighted by Gasteiger charge is 2.20. The van der Waals surface area contributed by atoms with Gasteiger partial charge in [0.1, 0.15) is 0 Å². The number of nitrogens with one attached hydrogen (secondary N) is 1. The largest absolute Gasteiger partial charge is 0.319 e. The highest BCUT2D eigenvalue weighted by molar-refractivity contribution is 7.91. The molecular weight excluding hydrogens is 282 g/mol. The number of benzene rings is 1. The van der Waals surface area contributed by atoms with Crippen molar-refractivity contribution in [2.75, 3.05) is 19.3 Å². The molecule has 0 fully saturated rings. The molecule has 1 aromatic carbocycles. The van der Waals surface area contributed by atoms with Crippen LogP contribution >= 0.6 is 11.6 Å². The molecule has 1 aromatic rings. The minimum Gasteiger partial charge on any atom is -0.319 e. The predicted octanol–water partition coefficient (Wildman–Crippen LogP) is 2.86. The first kappa shape index (κ1) is 16.5. The lowest BCUT2D eigenvalue weighted by atomic mass is 9.96. The Labute approximate surface area is 121 Å². The van der Waals surface area contributed by atoms with Crippen LogP contribution in [-0.2, 0) is 9.84 Å². The summed E-state index contributed by atoms with van der Waals surface area (Å²) >= 11 is 6.19. The molecule has 19 heavy (non-hydrogen) atoms. The first-order valence-electron chi connectivity index (χ1n) is 6.49. The van der Waals surface area contributed by atoms with Gasteiger partial charge in [0.2, 0.25) is 0 Å². The molecule has 0 spiro atoms. The fourth-order valence-corrected chi connectivity index (χ4v) is 3.34. The zero-order chi connectivity index (χ0) is 14.5. The van der Waals surface area contributed by atoms with E-state index >= 15 is 0 Å². The maximum Gasteiger partial charge on any atom is 0.152 e. The third-order valence-corrected chi connectivity index (χ3v) is 5.85. The molecule has 0 bridgehead atoms. The smallest absolute Gasteiger partial charge is 0.152 e. The Hall–Kier alpha value is -0.580. The molecule has 108 valence electrons. The van der Waals surface area contributed by atoms with Gasteiger partial charge in [-0.15, -0.1) is 0 Å². The molecule has 1 N–H and O–H groups in total. The fraction of sp³-hybridized carbons (Fsp3) is 0.571. The topological polar surface area (TPSA) is 46.2 Å². The summed E-state index contributed by atoms with van der Waals surface area (Å²) < 4.78 is 23.8. The van der Waals surface area contributed by atoms with Crippen LogP contribution in [0.4, 0.5) is 0 Å². The van der Waals surface area contributed by atoms with E-state index in [-0.39, 0.29) is 16.9 Å². The summed E-state index contributed by atoms with van der Waals surface area (Å²) in [6.07, 6.45) is 0.588. The second-order valence-corrected chi connectivity index (χ2v) is 8.06. The van der Waals surface area contributed by atoms with Crippen molar-refractivity contribution in [2.24, 2.45) is 0 Å². The quantitative estimate of drug-likeness (QED) is 0.842. The molecule has 5 heteroatoms. The predicted molar refractivity (Wildman–Crippen MR) is 81.7 cm³/mol. The van der Waals surface area contributed by atoms with Gasteiger partial charge in [-0.1, -0.05) is 29.8 Å². The van der Waals surface area contributed by atoms with E-state index in [1.165, 1.54) is 0 Å². The van der Waals surface area contributed by atoms with E-state index in [2.05, 4.69) is 5.32 Å². The van der Waals surface area contributed by atoms with Crippen molar-refractivity contribution in [1.29, 1.82) is 0 Å². The van der Waals surface area contributed by atoms with Crippen LogP contribution in [0.1, 0.15) is 31.7 Å². The molecule has 0 saturated heterocycles. The van der Waals surface area contributed by atoms with E-state index in [1.54, 1.807) is 13.8 Å². The van der Waals surface area contributed by atoms with Crippen molar-refractivity contribution in [3.05, 3.63) is 34.9 Å². The van der Waals surface area contributed by atoms with Crippen LogP contribution < -0.4 is 5.32 Å². The first-order chi connectivity index (χ1) is 8.88. The molecule has 1 unspecified atom stereocenters. The van der Waals surface area contributed by atoms with Gasteiger partial charge in [-0.2, -0.15) is 0 Å². The van der Waals surface area contributed by atoms with Gasteiger partial charge < -0.3 is 5.32 Å². The molecule has 0 aromatic heterocycles. The average molecular weight is 304 g/mol. The standard InChI is InChI=1S/C14H22ClNO2S/c1-11(2)19(17,18)9-8-12(10-16-3)13-6-4-5-7-14(13)15/h4-7,11-12,16H,8-10H2,1-3H3. The molecule has 0 heterocycles. The van der Waals surface area contributed by atoms with E-state index in [0.717, 1.165) is 12.1 Å². The zero-order valence-electron chi connectivity index (χ0n) is 11.7. The van der Waals surface area contributed by atoms with Gasteiger partial charge in [0.25, 0.3) is 0 Å². The number of hydrogen-bond acceptors (Lipinski definition) is 3. The fourth-order valence-electron chi connectivity index (χ4n) is 1.96. The van der Waals surface area contributed by atoms with Gasteiger partial charge in [-0.05, 0) is 44.9 Å². The lowest BCUT2D eigenvalue weighted by Crippen LogP contribution is -2.23. The third-order valence-electron chi connectivity index (χ3n) is 3.26. The van der Waals surface area contributed by atoms with Gasteiger partial charge in [-0.3, -0.25) is 0 Å². The van der Waals surface area contributed by atoms with Gasteiger partial charge in [0.15, 0.2) is 9.84 Å². The molecule has 0 aliphatic carbocycles. The van der Waals surface area contributed by atoms with E-state index in [4.69, 9.17) is 11.6 Å². The van der Waals surface area contributed by atoms with E-state index in [1.807, 2.05) is 31.3 Å². The summed E-state index contributed by atoms with van der Waals surface area (Å²) in [6.45, 7) is 4.16. The molecular formula is C14H22ClNO2S. The summed E-state index contributed by atoms with van der Waals surface area (Å²) in [6, 6.07) is 7.62. The van der Waals surface area contributed by atoms with E-state index in [0.29, 0.717) is 11.4 Å². The Kier molecular flexibility index (Phi) is 6.30. The highest BCUT2D eigenvalue weighted by atomic mass is 35.5. The second-order valence-electron chi connectivity index (χ2n) is 4.98. The van der Waals surface area contributed by atoms with Crippen LogP contribution in [0.25, 0.3) is 0 Å². The van der Waals surface area contributed by atoms with Gasteiger partial charge in [0.05, 0.1) is 11.0 Å². The summed E-state index contributed by atoms with van der Waals surface area (Å²) in [5, 5.41) is 3.48. The first-order valence-corrected chi connectivity index (χ1v) is 8.58. The molecule has 3 nitrogen and oxygen atoms in total. The van der Waals surface area contributed by atoms with Crippen LogP contribution in [0, 0.1) is 0 Å². The molecule has 0 saturated carbocycles. The van der Waals surface area contributed by atoms with Crippen LogP contribution in [0.5, 0.6) is 0 Å². The SMILES string of the molecule is CNCC(CCS(=O)(=O)C(C)C)c1ccccc1Cl. The van der Waals surface area contributed by atoms with Gasteiger partial charge in [0, 0.05) is 11.6 Å². The van der Waals surface area contributed by atoms with Crippen molar-refractivity contribution in [3.63, 3.8) is 0 Å². The summed E-state index contributed by atoms with van der Waals surface area (Å²) in [4.78, 5) is 0. The monoisotopic (exact) mass is 303 g/mol. The third kappa shape index (κ3) is 4.79. The maximum absolute atomic E-state index is 11.9. The molecule has 0 radical (unpaired) electrons. The second kappa shape index (κ2) is 7.27. The Morgan fingerprint density at radius 2 is 1.89 bits per heavy atom. The van der Waals surface area contributed by atoms with Crippen LogP contribution in [0.2, 0.25) is 5.02 Å². The number of likely N-dealkylation sites (N-methyl/N-ethyl adjacent to an activating group) is 1. The lowest BCUT2D eigenvalue weighted by Gasteiger charge is -2.19. The van der Waals surface area contributed by atoms with Gasteiger partial charge >= 0.3 is 0 Å². The van der Waals surface area contributed by atoms with Crippen LogP contribution in [0.15, 0.2) is 24.3 Å². The summed E-state index contributed by atoms with van der Waals surface area (Å²) in [5.74, 6) is 0.314. The number of rotatable bonds is 7. The van der Waals surface area contributed by atoms with Crippen LogP contribution in [0.3, 0.4) is 0 Å². The van der Waals surface area contributed by atoms with E-state index in [9.17, 15) is 8.42 Å². The Morgan fingerprint density at radius 3 is 2.42 bits per heavy atom. The minimum absolute atomic E-state index is 0.118. The van der Waals surface area contributed by atoms with Crippen molar-refractivity contribution in [3.8, 4) is 0 Å². The molecule has 0 aliphatic rings. The van der Waals surface area contributed by atoms with E-state index < -0.39 is 9.84 Å². The molecule has 1 atom stereocenters. The number of hydrogen-bond donors (Lipinski definition) is 1. The molecule has 1 rings (SSSR count). The molecule has 0 aliphatic heterocycles. The van der Waals surface area contributed by atoms with Crippen molar-refractivity contribution < 1.29 is 8.42 Å². The highest BCUT2D eigenvalue weighted by Crippen LogP contribution is 2.27. The lowest BCUT2D eigenvalue weighted by molar-refractivity contribution is 0.567. The molecule has 0 amide bonds. The van der Waals surface area contributed by atoms with Crippen molar-refractivity contribution in [1.82, 2.24) is 5.32 Å². The summed E-state index contributed by atoms with van der Waals surface area (Å²) in [5.41, 5.74) is 1.01. The summed E-state index contributed by atoms with van der Waals surface area (Å²) in [7, 11) is -1.14. The average Bonchev–Trinajstić information content (AvgIpc) is 2.35. The maximum atomic E-state index is 11.9. The zero-order valence-corrected chi connectivity index (χ0v) is 13.3. The number of sulfone groups is 1. The Bertz CT molecular complexity index is 500. The van der Waals surface area contributed by atoms with Gasteiger partial charge in [-0.25, -0.2) is 8.42 Å². The van der Waals surface area contributed by atoms with Crippen molar-refractivity contribution >= 4 is 21.4 Å². The normalized spacial score (nSPS) is 13.7. The Morgan fingerprint density at radius 1 is 1.26 bits per heavy atom. The van der Waals surface area contributed by atoms with Crippen molar-refractivity contribution in [2.45, 2.75) is 31.4 Å². The van der Waals surface area contributed by atoms with Crippen LogP contribution in [-0.4, -0.2) is 33.0 Å². The Balaban J connectivity index is 2.83.